The Balaban J connectivity index is 1.89. The van der Waals surface area contributed by atoms with E-state index in [0.717, 1.165) is 25.4 Å². The maximum Gasteiger partial charge on any atom is 0.115 e. The van der Waals surface area contributed by atoms with Gasteiger partial charge in [-0.25, -0.2) is 0 Å². The summed E-state index contributed by atoms with van der Waals surface area (Å²) in [7, 11) is 0. The molecule has 100 valence electrons. The van der Waals surface area contributed by atoms with E-state index in [1.165, 1.54) is 24.8 Å². The van der Waals surface area contributed by atoms with Crippen LogP contribution in [0, 0.1) is 11.3 Å². The first-order chi connectivity index (χ1) is 8.60. The topological polar surface area (TPSA) is 32.3 Å². The number of aromatic hydroxyl groups is 1. The van der Waals surface area contributed by atoms with Crippen molar-refractivity contribution in [3.8, 4) is 5.75 Å². The summed E-state index contributed by atoms with van der Waals surface area (Å²) in [5, 5.41) is 12.9. The molecule has 0 unspecified atom stereocenters. The third kappa shape index (κ3) is 3.49. The minimum absolute atomic E-state index is 0.361. The van der Waals surface area contributed by atoms with Gasteiger partial charge in [-0.3, -0.25) is 0 Å². The average Bonchev–Trinajstić information content (AvgIpc) is 2.28. The van der Waals surface area contributed by atoms with Gasteiger partial charge in [0.2, 0.25) is 0 Å². The summed E-state index contributed by atoms with van der Waals surface area (Å²) < 4.78 is 0. The second-order valence-electron chi connectivity index (χ2n) is 6.22. The SMILES string of the molecule is CC(C)CNCC1(Cc2ccc(O)cc2)CCC1. The van der Waals surface area contributed by atoms with E-state index in [1.54, 1.807) is 12.1 Å². The number of rotatable bonds is 6. The summed E-state index contributed by atoms with van der Waals surface area (Å²) in [6.45, 7) is 6.74. The van der Waals surface area contributed by atoms with Crippen LogP contribution in [0.4, 0.5) is 0 Å². The van der Waals surface area contributed by atoms with Crippen LogP contribution in [-0.4, -0.2) is 18.2 Å². The van der Waals surface area contributed by atoms with Gasteiger partial charge < -0.3 is 10.4 Å². The molecule has 1 aliphatic carbocycles. The standard InChI is InChI=1S/C16H25NO/c1-13(2)11-17-12-16(8-3-9-16)10-14-4-6-15(18)7-5-14/h4-7,13,17-18H,3,8-12H2,1-2H3. The second kappa shape index (κ2) is 5.75. The zero-order chi connectivity index (χ0) is 13.0. The first kappa shape index (κ1) is 13.4. The zero-order valence-corrected chi connectivity index (χ0v) is 11.6. The molecule has 2 nitrogen and oxygen atoms in total. The molecule has 0 bridgehead atoms. The molecule has 18 heavy (non-hydrogen) atoms. The Morgan fingerprint density at radius 3 is 2.39 bits per heavy atom. The molecule has 0 saturated heterocycles. The second-order valence-corrected chi connectivity index (χ2v) is 6.22. The molecule has 0 aliphatic heterocycles. The van der Waals surface area contributed by atoms with Gasteiger partial charge in [-0.15, -0.1) is 0 Å². The van der Waals surface area contributed by atoms with E-state index in [1.807, 2.05) is 0 Å². The Morgan fingerprint density at radius 1 is 1.22 bits per heavy atom. The lowest BCUT2D eigenvalue weighted by Crippen LogP contribution is -2.42. The summed E-state index contributed by atoms with van der Waals surface area (Å²) in [6.07, 6.45) is 5.16. The smallest absolute Gasteiger partial charge is 0.115 e. The Hall–Kier alpha value is -1.02. The molecule has 1 saturated carbocycles. The van der Waals surface area contributed by atoms with Gasteiger partial charge >= 0.3 is 0 Å². The lowest BCUT2D eigenvalue weighted by Gasteiger charge is -2.42. The van der Waals surface area contributed by atoms with E-state index in [9.17, 15) is 5.11 Å². The van der Waals surface area contributed by atoms with Crippen LogP contribution in [0.25, 0.3) is 0 Å². The zero-order valence-electron chi connectivity index (χ0n) is 11.6. The highest BCUT2D eigenvalue weighted by molar-refractivity contribution is 5.27. The Bertz CT molecular complexity index is 365. The summed E-state index contributed by atoms with van der Waals surface area (Å²) in [6, 6.07) is 7.70. The summed E-state index contributed by atoms with van der Waals surface area (Å²) in [5.41, 5.74) is 1.81. The molecule has 1 fully saturated rings. The van der Waals surface area contributed by atoms with Crippen LogP contribution >= 0.6 is 0 Å². The molecular formula is C16H25NO. The Kier molecular flexibility index (Phi) is 4.28. The maximum absolute atomic E-state index is 9.32. The van der Waals surface area contributed by atoms with Gasteiger partial charge in [0.1, 0.15) is 5.75 Å². The number of phenols is 1. The summed E-state index contributed by atoms with van der Waals surface area (Å²) >= 11 is 0. The summed E-state index contributed by atoms with van der Waals surface area (Å²) in [5.74, 6) is 1.08. The fourth-order valence-electron chi connectivity index (χ4n) is 2.77. The molecule has 0 aromatic heterocycles. The minimum atomic E-state index is 0.361. The predicted octanol–water partition coefficient (Wildman–Crippen LogP) is 3.35. The van der Waals surface area contributed by atoms with Crippen molar-refractivity contribution in [2.24, 2.45) is 11.3 Å². The lowest BCUT2D eigenvalue weighted by atomic mass is 9.65. The fraction of sp³-hybridized carbons (Fsp3) is 0.625. The van der Waals surface area contributed by atoms with E-state index < -0.39 is 0 Å². The van der Waals surface area contributed by atoms with Crippen molar-refractivity contribution < 1.29 is 5.11 Å². The molecule has 0 amide bonds. The van der Waals surface area contributed by atoms with Crippen LogP contribution < -0.4 is 5.32 Å². The number of phenolic OH excluding ortho intramolecular Hbond substituents is 1. The fourth-order valence-corrected chi connectivity index (χ4v) is 2.77. The van der Waals surface area contributed by atoms with Crippen molar-refractivity contribution >= 4 is 0 Å². The van der Waals surface area contributed by atoms with E-state index >= 15 is 0 Å². The Labute approximate surface area is 110 Å². The molecule has 0 radical (unpaired) electrons. The summed E-state index contributed by atoms with van der Waals surface area (Å²) in [4.78, 5) is 0. The van der Waals surface area contributed by atoms with Gasteiger partial charge in [-0.1, -0.05) is 32.4 Å². The first-order valence-electron chi connectivity index (χ1n) is 7.08. The molecule has 1 aromatic carbocycles. The molecule has 0 atom stereocenters. The van der Waals surface area contributed by atoms with Crippen molar-refractivity contribution in [3.63, 3.8) is 0 Å². The minimum Gasteiger partial charge on any atom is -0.508 e. The van der Waals surface area contributed by atoms with Gasteiger partial charge in [0.25, 0.3) is 0 Å². The van der Waals surface area contributed by atoms with Gasteiger partial charge in [0.05, 0.1) is 0 Å². The van der Waals surface area contributed by atoms with Crippen LogP contribution in [0.2, 0.25) is 0 Å². The third-order valence-electron chi connectivity index (χ3n) is 3.98. The van der Waals surface area contributed by atoms with Gasteiger partial charge in [-0.05, 0) is 54.8 Å². The highest BCUT2D eigenvalue weighted by Gasteiger charge is 2.36. The van der Waals surface area contributed by atoms with E-state index in [-0.39, 0.29) is 0 Å². The van der Waals surface area contributed by atoms with E-state index in [0.29, 0.717) is 11.2 Å². The van der Waals surface area contributed by atoms with E-state index in [4.69, 9.17) is 0 Å². The first-order valence-corrected chi connectivity index (χ1v) is 7.08. The monoisotopic (exact) mass is 247 g/mol. The highest BCUT2D eigenvalue weighted by atomic mass is 16.3. The maximum atomic E-state index is 9.32. The lowest BCUT2D eigenvalue weighted by molar-refractivity contribution is 0.129. The van der Waals surface area contributed by atoms with Crippen LogP contribution in [0.1, 0.15) is 38.7 Å². The molecule has 2 rings (SSSR count). The van der Waals surface area contributed by atoms with Crippen molar-refractivity contribution in [1.82, 2.24) is 5.32 Å². The van der Waals surface area contributed by atoms with Crippen molar-refractivity contribution in [3.05, 3.63) is 29.8 Å². The van der Waals surface area contributed by atoms with Crippen molar-refractivity contribution in [1.29, 1.82) is 0 Å². The van der Waals surface area contributed by atoms with Gasteiger partial charge in [-0.2, -0.15) is 0 Å². The largest absolute Gasteiger partial charge is 0.508 e. The molecule has 1 aromatic rings. The third-order valence-corrected chi connectivity index (χ3v) is 3.98. The number of nitrogens with one attached hydrogen (secondary N) is 1. The molecular weight excluding hydrogens is 222 g/mol. The van der Waals surface area contributed by atoms with Crippen molar-refractivity contribution in [2.75, 3.05) is 13.1 Å². The molecule has 1 aliphatic rings. The molecule has 0 heterocycles. The molecule has 2 N–H and O–H groups in total. The van der Waals surface area contributed by atoms with E-state index in [2.05, 4.69) is 31.3 Å². The van der Waals surface area contributed by atoms with Gasteiger partial charge in [0.15, 0.2) is 0 Å². The highest BCUT2D eigenvalue weighted by Crippen LogP contribution is 2.43. The Morgan fingerprint density at radius 2 is 1.89 bits per heavy atom. The molecule has 2 heteroatoms. The number of hydrogen-bond acceptors (Lipinski definition) is 2. The van der Waals surface area contributed by atoms with Crippen molar-refractivity contribution in [2.45, 2.75) is 39.5 Å². The normalized spacial score (nSPS) is 17.7. The van der Waals surface area contributed by atoms with Crippen LogP contribution in [0.15, 0.2) is 24.3 Å². The van der Waals surface area contributed by atoms with Crippen LogP contribution in [0.5, 0.6) is 5.75 Å². The predicted molar refractivity (Wildman–Crippen MR) is 75.8 cm³/mol. The number of benzene rings is 1. The van der Waals surface area contributed by atoms with Crippen LogP contribution in [-0.2, 0) is 6.42 Å². The number of hydrogen-bond donors (Lipinski definition) is 2. The average molecular weight is 247 g/mol. The quantitative estimate of drug-likeness (QED) is 0.808. The molecule has 0 spiro atoms. The van der Waals surface area contributed by atoms with Crippen LogP contribution in [0.3, 0.4) is 0 Å². The van der Waals surface area contributed by atoms with Gasteiger partial charge in [0, 0.05) is 6.54 Å².